The maximum Gasteiger partial charge on any atom is 0.150 e. The third-order valence-corrected chi connectivity index (χ3v) is 2.53. The van der Waals surface area contributed by atoms with Crippen molar-refractivity contribution in [1.82, 2.24) is 4.98 Å². The Balaban J connectivity index is 0.00000108. The fourth-order valence-corrected chi connectivity index (χ4v) is 1.74. The summed E-state index contributed by atoms with van der Waals surface area (Å²) in [5.41, 5.74) is 3.04. The van der Waals surface area contributed by atoms with Crippen molar-refractivity contribution in [1.29, 1.82) is 0 Å². The van der Waals surface area contributed by atoms with Crippen molar-refractivity contribution >= 4 is 24.3 Å². The van der Waals surface area contributed by atoms with Gasteiger partial charge in [-0.15, -0.1) is 12.4 Å². The average molecular weight is 250 g/mol. The zero-order valence-electron chi connectivity index (χ0n) is 8.80. The van der Waals surface area contributed by atoms with Crippen LogP contribution in [-0.2, 0) is 0 Å². The third-order valence-electron chi connectivity index (χ3n) is 2.53. The number of fused-ring (bicyclic) bond motifs is 1. The first kappa shape index (κ1) is 11.7. The van der Waals surface area contributed by atoms with Crippen molar-refractivity contribution in [3.05, 3.63) is 53.3 Å². The SMILES string of the molecule is Cl.Fc1cnccc1C1=NC2=CC=NCC2=C1. The van der Waals surface area contributed by atoms with Crippen LogP contribution >= 0.6 is 12.4 Å². The maximum atomic E-state index is 13.5. The summed E-state index contributed by atoms with van der Waals surface area (Å²) in [6, 6.07) is 1.63. The predicted octanol–water partition coefficient (Wildman–Crippen LogP) is 2.34. The summed E-state index contributed by atoms with van der Waals surface area (Å²) in [4.78, 5) is 12.2. The Bertz CT molecular complexity index is 573. The molecule has 3 rings (SSSR count). The number of aliphatic imine (C=N–C) groups is 2. The van der Waals surface area contributed by atoms with E-state index in [1.807, 2.05) is 12.2 Å². The second-order valence-corrected chi connectivity index (χ2v) is 3.56. The van der Waals surface area contributed by atoms with Crippen LogP contribution in [0.2, 0.25) is 0 Å². The summed E-state index contributed by atoms with van der Waals surface area (Å²) in [7, 11) is 0. The average Bonchev–Trinajstić information content (AvgIpc) is 2.73. The molecule has 17 heavy (non-hydrogen) atoms. The van der Waals surface area contributed by atoms with Crippen LogP contribution in [0.5, 0.6) is 0 Å². The van der Waals surface area contributed by atoms with Gasteiger partial charge in [0, 0.05) is 23.5 Å². The first-order chi connectivity index (χ1) is 7.84. The molecule has 0 aromatic carbocycles. The number of dihydropyridines is 1. The van der Waals surface area contributed by atoms with Gasteiger partial charge >= 0.3 is 0 Å². The molecule has 0 saturated carbocycles. The van der Waals surface area contributed by atoms with E-state index in [9.17, 15) is 4.39 Å². The van der Waals surface area contributed by atoms with Crippen molar-refractivity contribution in [2.24, 2.45) is 9.98 Å². The van der Waals surface area contributed by atoms with Crippen LogP contribution in [0.4, 0.5) is 4.39 Å². The Morgan fingerprint density at radius 3 is 2.94 bits per heavy atom. The van der Waals surface area contributed by atoms with E-state index in [0.717, 1.165) is 11.3 Å². The van der Waals surface area contributed by atoms with Gasteiger partial charge in [-0.1, -0.05) is 0 Å². The minimum atomic E-state index is -0.349. The van der Waals surface area contributed by atoms with E-state index in [0.29, 0.717) is 17.8 Å². The second-order valence-electron chi connectivity index (χ2n) is 3.56. The van der Waals surface area contributed by atoms with Gasteiger partial charge in [-0.2, -0.15) is 0 Å². The first-order valence-corrected chi connectivity index (χ1v) is 4.94. The van der Waals surface area contributed by atoms with Crippen LogP contribution in [0.3, 0.4) is 0 Å². The summed E-state index contributed by atoms with van der Waals surface area (Å²) >= 11 is 0. The maximum absolute atomic E-state index is 13.5. The predicted molar refractivity (Wildman–Crippen MR) is 67.5 cm³/mol. The van der Waals surface area contributed by atoms with Gasteiger partial charge in [0.15, 0.2) is 5.82 Å². The Labute approximate surface area is 104 Å². The highest BCUT2D eigenvalue weighted by atomic mass is 35.5. The molecule has 0 fully saturated rings. The molecule has 0 amide bonds. The van der Waals surface area contributed by atoms with Crippen molar-refractivity contribution in [2.75, 3.05) is 6.54 Å². The summed E-state index contributed by atoms with van der Waals surface area (Å²) in [6.45, 7) is 0.617. The lowest BCUT2D eigenvalue weighted by molar-refractivity contribution is 0.619. The van der Waals surface area contributed by atoms with Crippen molar-refractivity contribution < 1.29 is 4.39 Å². The third kappa shape index (κ3) is 2.03. The molecule has 3 heterocycles. The number of rotatable bonds is 1. The highest BCUT2D eigenvalue weighted by molar-refractivity contribution is 6.12. The summed E-state index contributed by atoms with van der Waals surface area (Å²) < 4.78 is 13.5. The molecular weight excluding hydrogens is 241 g/mol. The molecule has 3 nitrogen and oxygen atoms in total. The standard InChI is InChI=1S/C12H8FN3.ClH/c13-10-7-15-3-1-9(10)12-5-8-6-14-4-2-11(8)16-12;/h1-5,7H,6H2;1H. The summed E-state index contributed by atoms with van der Waals surface area (Å²) in [5.74, 6) is -0.349. The Morgan fingerprint density at radius 1 is 1.29 bits per heavy atom. The monoisotopic (exact) mass is 249 g/mol. The van der Waals surface area contributed by atoms with E-state index in [2.05, 4.69) is 15.0 Å². The minimum Gasteiger partial charge on any atom is -0.288 e. The topological polar surface area (TPSA) is 37.6 Å². The molecule has 1 aromatic heterocycles. The van der Waals surface area contributed by atoms with E-state index >= 15 is 0 Å². The number of pyridine rings is 1. The second kappa shape index (κ2) is 4.59. The quantitative estimate of drug-likeness (QED) is 0.753. The van der Waals surface area contributed by atoms with Crippen LogP contribution in [0.25, 0.3) is 0 Å². The molecule has 0 atom stereocenters. The number of hydrogen-bond acceptors (Lipinski definition) is 3. The molecule has 86 valence electrons. The molecule has 0 saturated heterocycles. The minimum absolute atomic E-state index is 0. The lowest BCUT2D eigenvalue weighted by atomic mass is 10.1. The van der Waals surface area contributed by atoms with Crippen molar-refractivity contribution in [3.63, 3.8) is 0 Å². The molecule has 1 aromatic rings. The number of aromatic nitrogens is 1. The lowest BCUT2D eigenvalue weighted by Gasteiger charge is -2.01. The van der Waals surface area contributed by atoms with E-state index in [1.165, 1.54) is 6.20 Å². The van der Waals surface area contributed by atoms with Gasteiger partial charge in [0.05, 0.1) is 24.2 Å². The van der Waals surface area contributed by atoms with Crippen LogP contribution in [0.1, 0.15) is 5.56 Å². The van der Waals surface area contributed by atoms with Gasteiger partial charge in [0.1, 0.15) is 0 Å². The van der Waals surface area contributed by atoms with Crippen LogP contribution < -0.4 is 0 Å². The fraction of sp³-hybridized carbons (Fsp3) is 0.0833. The molecule has 0 N–H and O–H groups in total. The van der Waals surface area contributed by atoms with Crippen LogP contribution in [0.15, 0.2) is 51.9 Å². The van der Waals surface area contributed by atoms with E-state index in [1.54, 1.807) is 18.5 Å². The van der Waals surface area contributed by atoms with E-state index < -0.39 is 0 Å². The van der Waals surface area contributed by atoms with Crippen molar-refractivity contribution in [2.45, 2.75) is 0 Å². The summed E-state index contributed by atoms with van der Waals surface area (Å²) in [6.07, 6.45) is 8.19. The molecule has 0 unspecified atom stereocenters. The zero-order valence-corrected chi connectivity index (χ0v) is 9.62. The molecule has 0 bridgehead atoms. The van der Waals surface area contributed by atoms with Crippen molar-refractivity contribution in [3.8, 4) is 0 Å². The number of hydrogen-bond donors (Lipinski definition) is 0. The van der Waals surface area contributed by atoms with Gasteiger partial charge < -0.3 is 0 Å². The van der Waals surface area contributed by atoms with E-state index in [-0.39, 0.29) is 18.2 Å². The molecule has 2 aliphatic heterocycles. The number of nitrogens with zero attached hydrogens (tertiary/aromatic N) is 3. The number of allylic oxidation sites excluding steroid dienone is 2. The largest absolute Gasteiger partial charge is 0.288 e. The van der Waals surface area contributed by atoms with Gasteiger partial charge in [-0.3, -0.25) is 9.98 Å². The first-order valence-electron chi connectivity index (χ1n) is 4.94. The summed E-state index contributed by atoms with van der Waals surface area (Å²) in [5, 5.41) is 0. The van der Waals surface area contributed by atoms with Gasteiger partial charge in [-0.05, 0) is 18.2 Å². The van der Waals surface area contributed by atoms with Gasteiger partial charge in [0.25, 0.3) is 0 Å². The molecular formula is C12H9ClFN3. The van der Waals surface area contributed by atoms with Gasteiger partial charge in [0.2, 0.25) is 0 Å². The highest BCUT2D eigenvalue weighted by Crippen LogP contribution is 2.24. The molecule has 5 heteroatoms. The smallest absolute Gasteiger partial charge is 0.150 e. The fourth-order valence-electron chi connectivity index (χ4n) is 1.74. The number of halogens is 2. The molecule has 2 aliphatic rings. The lowest BCUT2D eigenvalue weighted by Crippen LogP contribution is -1.98. The zero-order chi connectivity index (χ0) is 11.0. The Morgan fingerprint density at radius 2 is 2.18 bits per heavy atom. The normalized spacial score (nSPS) is 16.6. The van der Waals surface area contributed by atoms with Crippen LogP contribution in [0, 0.1) is 5.82 Å². The molecule has 0 radical (unpaired) electrons. The molecule has 0 aliphatic carbocycles. The van der Waals surface area contributed by atoms with Gasteiger partial charge in [-0.25, -0.2) is 9.38 Å². The van der Waals surface area contributed by atoms with E-state index in [4.69, 9.17) is 0 Å². The molecule has 0 spiro atoms. The highest BCUT2D eigenvalue weighted by Gasteiger charge is 2.18. The Hall–Kier alpha value is -1.81. The van der Waals surface area contributed by atoms with Crippen LogP contribution in [-0.4, -0.2) is 23.5 Å². The Kier molecular flexibility index (Phi) is 3.15.